The van der Waals surface area contributed by atoms with Gasteiger partial charge in [0.05, 0.1) is 28.1 Å². The van der Waals surface area contributed by atoms with Gasteiger partial charge >= 0.3 is 0 Å². The van der Waals surface area contributed by atoms with Crippen LogP contribution in [0.3, 0.4) is 0 Å². The Bertz CT molecular complexity index is 3070. The Hall–Kier alpha value is -7.44. The number of rotatable bonds is 6. The van der Waals surface area contributed by atoms with Crippen molar-refractivity contribution < 1.29 is 0 Å². The first-order chi connectivity index (χ1) is 27.7. The van der Waals surface area contributed by atoms with Gasteiger partial charge < -0.3 is 0 Å². The van der Waals surface area contributed by atoms with Gasteiger partial charge in [0.15, 0.2) is 5.82 Å². The van der Waals surface area contributed by atoms with Crippen LogP contribution in [0.25, 0.3) is 94.9 Å². The molecule has 1 aliphatic rings. The van der Waals surface area contributed by atoms with Crippen molar-refractivity contribution in [1.29, 1.82) is 0 Å². The number of fused-ring (bicyclic) bond motifs is 5. The molecular formula is C52H34N4. The zero-order chi connectivity index (χ0) is 37.4. The van der Waals surface area contributed by atoms with Gasteiger partial charge in [-0.1, -0.05) is 140 Å². The zero-order valence-electron chi connectivity index (χ0n) is 30.8. The summed E-state index contributed by atoms with van der Waals surface area (Å²) in [7, 11) is 0. The van der Waals surface area contributed by atoms with E-state index in [1.165, 1.54) is 21.9 Å². The highest BCUT2D eigenvalue weighted by Crippen LogP contribution is 2.38. The number of aromatic nitrogens is 4. The quantitative estimate of drug-likeness (QED) is 0.127. The molecule has 0 atom stereocenters. The lowest BCUT2D eigenvalue weighted by Crippen LogP contribution is -1.99. The lowest BCUT2D eigenvalue weighted by Gasteiger charge is -2.14. The predicted molar refractivity (Wildman–Crippen MR) is 230 cm³/mol. The Kier molecular flexibility index (Phi) is 8.34. The minimum absolute atomic E-state index is 0.623. The molecule has 6 aromatic carbocycles. The van der Waals surface area contributed by atoms with Crippen LogP contribution >= 0.6 is 0 Å². The van der Waals surface area contributed by atoms with Gasteiger partial charge in [-0.2, -0.15) is 0 Å². The lowest BCUT2D eigenvalue weighted by molar-refractivity contribution is 1.06. The summed E-state index contributed by atoms with van der Waals surface area (Å²) >= 11 is 0. The average molecular weight is 715 g/mol. The van der Waals surface area contributed by atoms with Crippen LogP contribution in [-0.4, -0.2) is 19.9 Å². The summed E-state index contributed by atoms with van der Waals surface area (Å²) in [5, 5.41) is 4.54. The fourth-order valence-electron chi connectivity index (χ4n) is 7.75. The van der Waals surface area contributed by atoms with Crippen LogP contribution in [0.5, 0.6) is 0 Å². The molecule has 3 heterocycles. The number of pyridine rings is 2. The maximum Gasteiger partial charge on any atom is 0.160 e. The number of hydrogen-bond donors (Lipinski definition) is 0. The van der Waals surface area contributed by atoms with Crippen LogP contribution < -0.4 is 0 Å². The Morgan fingerprint density at radius 2 is 1.39 bits per heavy atom. The molecule has 4 nitrogen and oxygen atoms in total. The maximum absolute atomic E-state index is 5.37. The molecule has 10 rings (SSSR count). The molecule has 4 heteroatoms. The summed E-state index contributed by atoms with van der Waals surface area (Å²) in [5.74, 6) is 0.623. The first-order valence-electron chi connectivity index (χ1n) is 19.0. The highest BCUT2D eigenvalue weighted by molar-refractivity contribution is 6.11. The number of hydrogen-bond acceptors (Lipinski definition) is 4. The second-order valence-electron chi connectivity index (χ2n) is 14.0. The molecule has 0 amide bonds. The molecule has 56 heavy (non-hydrogen) atoms. The van der Waals surface area contributed by atoms with Crippen molar-refractivity contribution in [3.63, 3.8) is 0 Å². The van der Waals surface area contributed by atoms with Crippen LogP contribution in [0.1, 0.15) is 23.7 Å². The van der Waals surface area contributed by atoms with E-state index < -0.39 is 0 Å². The third-order valence-electron chi connectivity index (χ3n) is 10.6. The summed E-state index contributed by atoms with van der Waals surface area (Å²) in [6.07, 6.45) is 9.68. The molecule has 262 valence electrons. The minimum Gasteiger partial charge on any atom is -0.251 e. The van der Waals surface area contributed by atoms with Crippen molar-refractivity contribution in [2.45, 2.75) is 19.8 Å². The Balaban J connectivity index is 1.15. The average Bonchev–Trinajstić information content (AvgIpc) is 3.25. The van der Waals surface area contributed by atoms with E-state index in [1.807, 2.05) is 42.5 Å². The highest BCUT2D eigenvalue weighted by atomic mass is 14.9. The first-order valence-corrected chi connectivity index (χ1v) is 19.0. The molecule has 0 N–H and O–H groups in total. The van der Waals surface area contributed by atoms with Crippen molar-refractivity contribution in [2.24, 2.45) is 0 Å². The summed E-state index contributed by atoms with van der Waals surface area (Å²) < 4.78 is 0. The third kappa shape index (κ3) is 6.03. The van der Waals surface area contributed by atoms with Gasteiger partial charge in [0.25, 0.3) is 0 Å². The van der Waals surface area contributed by atoms with Gasteiger partial charge in [-0.15, -0.1) is 5.73 Å². The number of nitrogens with zero attached hydrogens (tertiary/aromatic N) is 4. The molecule has 0 saturated carbocycles. The molecule has 0 saturated heterocycles. The third-order valence-corrected chi connectivity index (χ3v) is 10.6. The van der Waals surface area contributed by atoms with Gasteiger partial charge in [-0.3, -0.25) is 4.98 Å². The smallest absolute Gasteiger partial charge is 0.160 e. The SMILES string of the molecule is CCc1cc(-c2cccc3ccccc23)c2ccc3ccc(-c4cc(-c5ccccc5)nc(-c5cccc(-c6c#ccc7c6CC=C=C/C=C\7)c5)n4)nc3c2n1. The van der Waals surface area contributed by atoms with Crippen LogP contribution in [0.15, 0.2) is 163 Å². The van der Waals surface area contributed by atoms with Gasteiger partial charge in [-0.25, -0.2) is 15.0 Å². The molecule has 9 aromatic rings. The van der Waals surface area contributed by atoms with E-state index in [9.17, 15) is 0 Å². The van der Waals surface area contributed by atoms with E-state index in [1.54, 1.807) is 0 Å². The lowest BCUT2D eigenvalue weighted by atomic mass is 9.93. The van der Waals surface area contributed by atoms with Gasteiger partial charge in [-0.05, 0) is 93.9 Å². The molecule has 0 bridgehead atoms. The molecule has 0 radical (unpaired) electrons. The normalized spacial score (nSPS) is 12.7. The molecule has 0 unspecified atom stereocenters. The molecule has 3 aromatic heterocycles. The van der Waals surface area contributed by atoms with E-state index in [4.69, 9.17) is 19.9 Å². The fraction of sp³-hybridized carbons (Fsp3) is 0.0577. The van der Waals surface area contributed by atoms with Crippen LogP contribution in [-0.2, 0) is 12.8 Å². The number of benzene rings is 5. The largest absolute Gasteiger partial charge is 0.251 e. The summed E-state index contributed by atoms with van der Waals surface area (Å²) in [6, 6.07) is 55.2. The predicted octanol–water partition coefficient (Wildman–Crippen LogP) is 12.5. The summed E-state index contributed by atoms with van der Waals surface area (Å²) in [5.41, 5.74) is 17.0. The van der Waals surface area contributed by atoms with Crippen molar-refractivity contribution in [1.82, 2.24) is 19.9 Å². The number of allylic oxidation sites excluding steroid dienone is 2. The van der Waals surface area contributed by atoms with Crippen LogP contribution in [0, 0.1) is 12.1 Å². The van der Waals surface area contributed by atoms with Crippen molar-refractivity contribution in [3.8, 4) is 56.3 Å². The first kappa shape index (κ1) is 33.2. The van der Waals surface area contributed by atoms with E-state index >= 15 is 0 Å². The van der Waals surface area contributed by atoms with Crippen molar-refractivity contribution in [3.05, 3.63) is 192 Å². The standard InChI is InChI=1S/C52H34N4/c1-2-40-32-46(44-26-14-20-35-16-10-11-24-42(35)44)45-29-27-37-28-30-47(54-50(37)51(45)53-40)49-33-48(36-17-7-5-8-18-36)55-52(56-49)39-22-12-21-38(31-39)43-25-13-19-34-15-6-3-4-9-23-41(34)43/h3,5-12,14-22,24,26-33H,2,23H2,1H3/b15-6-. The van der Waals surface area contributed by atoms with E-state index in [-0.39, 0.29) is 0 Å². The van der Waals surface area contributed by atoms with Gasteiger partial charge in [0.1, 0.15) is 0 Å². The molecule has 0 spiro atoms. The Labute approximate surface area is 325 Å². The molecule has 0 fully saturated rings. The monoisotopic (exact) mass is 714 g/mol. The molecule has 0 aliphatic heterocycles. The fourth-order valence-corrected chi connectivity index (χ4v) is 7.75. The van der Waals surface area contributed by atoms with E-state index in [2.05, 4.69) is 146 Å². The second kappa shape index (κ2) is 14.1. The second-order valence-corrected chi connectivity index (χ2v) is 14.0. The van der Waals surface area contributed by atoms with Crippen LogP contribution in [0.2, 0.25) is 0 Å². The Morgan fingerprint density at radius 3 is 2.32 bits per heavy atom. The van der Waals surface area contributed by atoms with E-state index in [0.29, 0.717) is 5.82 Å². The topological polar surface area (TPSA) is 51.6 Å². The summed E-state index contributed by atoms with van der Waals surface area (Å²) in [4.78, 5) is 21.0. The Morgan fingerprint density at radius 1 is 0.589 bits per heavy atom. The molecular weight excluding hydrogens is 681 g/mol. The highest BCUT2D eigenvalue weighted by Gasteiger charge is 2.17. The van der Waals surface area contributed by atoms with Gasteiger partial charge in [0, 0.05) is 33.2 Å². The van der Waals surface area contributed by atoms with E-state index in [0.717, 1.165) is 90.8 Å². The maximum atomic E-state index is 5.37. The molecule has 1 aliphatic carbocycles. The minimum atomic E-state index is 0.623. The van der Waals surface area contributed by atoms with Crippen LogP contribution in [0.4, 0.5) is 0 Å². The van der Waals surface area contributed by atoms with Crippen molar-refractivity contribution in [2.75, 3.05) is 0 Å². The van der Waals surface area contributed by atoms with Crippen molar-refractivity contribution >= 4 is 38.7 Å². The zero-order valence-corrected chi connectivity index (χ0v) is 30.8. The summed E-state index contributed by atoms with van der Waals surface area (Å²) in [6.45, 7) is 2.16. The number of aryl methyl sites for hydroxylation is 1. The van der Waals surface area contributed by atoms with Gasteiger partial charge in [0.2, 0.25) is 0 Å².